The smallest absolute Gasteiger partial charge is 0.337 e. The van der Waals surface area contributed by atoms with Crippen molar-refractivity contribution in [2.45, 2.75) is 24.6 Å². The monoisotopic (exact) mass is 375 g/mol. The number of furan rings is 1. The number of amides is 1. The van der Waals surface area contributed by atoms with E-state index in [1.54, 1.807) is 29.4 Å². The Kier molecular flexibility index (Phi) is 3.30. The number of rotatable bonds is 3. The van der Waals surface area contributed by atoms with E-state index in [9.17, 15) is 9.59 Å². The van der Waals surface area contributed by atoms with Crippen LogP contribution in [0, 0.1) is 0 Å². The molecule has 3 heterocycles. The van der Waals surface area contributed by atoms with Gasteiger partial charge < -0.3 is 14.1 Å². The quantitative estimate of drug-likeness (QED) is 0.611. The van der Waals surface area contributed by atoms with Crippen molar-refractivity contribution in [3.8, 4) is 0 Å². The first-order valence-corrected chi connectivity index (χ1v) is 8.50. The molecule has 2 aliphatic heterocycles. The molecule has 23 heavy (non-hydrogen) atoms. The number of hydrogen-bond acceptors (Lipinski definition) is 4. The molecular formula is C17H14BrNO4. The molecule has 2 aliphatic rings. The minimum atomic E-state index is -1.06. The van der Waals surface area contributed by atoms with Crippen molar-refractivity contribution in [3.63, 3.8) is 0 Å². The van der Waals surface area contributed by atoms with Gasteiger partial charge >= 0.3 is 5.97 Å². The molecule has 0 aliphatic carbocycles. The molecule has 2 atom stereocenters. The number of hydrogen-bond donors (Lipinski definition) is 0. The fourth-order valence-electron chi connectivity index (χ4n) is 3.49. The fraction of sp³-hybridized carbons (Fsp3) is 0.294. The van der Waals surface area contributed by atoms with Crippen LogP contribution >= 0.6 is 15.9 Å². The molecule has 6 heteroatoms. The lowest BCUT2D eigenvalue weighted by Gasteiger charge is -2.31. The van der Waals surface area contributed by atoms with Gasteiger partial charge in [0.15, 0.2) is 5.54 Å². The van der Waals surface area contributed by atoms with Gasteiger partial charge in [0, 0.05) is 22.9 Å². The highest BCUT2D eigenvalue weighted by atomic mass is 79.9. The molecule has 5 nitrogen and oxygen atoms in total. The number of esters is 1. The fourth-order valence-corrected chi connectivity index (χ4v) is 3.85. The molecule has 1 spiro atoms. The van der Waals surface area contributed by atoms with Crippen molar-refractivity contribution >= 4 is 27.8 Å². The summed E-state index contributed by atoms with van der Waals surface area (Å²) in [5.74, 6) is 0.108. The van der Waals surface area contributed by atoms with Crippen LogP contribution in [0.4, 0.5) is 0 Å². The Hall–Kier alpha value is -2.08. The molecule has 1 aromatic heterocycles. The summed E-state index contributed by atoms with van der Waals surface area (Å²) in [6.45, 7) is 0.241. The summed E-state index contributed by atoms with van der Waals surface area (Å²) < 4.78 is 10.9. The van der Waals surface area contributed by atoms with Gasteiger partial charge in [-0.25, -0.2) is 4.79 Å². The van der Waals surface area contributed by atoms with E-state index in [4.69, 9.17) is 9.15 Å². The first kappa shape index (κ1) is 14.5. The zero-order valence-corrected chi connectivity index (χ0v) is 13.8. The first-order valence-electron chi connectivity index (χ1n) is 7.37. The lowest BCUT2D eigenvalue weighted by molar-refractivity contribution is -0.149. The highest BCUT2D eigenvalue weighted by Crippen LogP contribution is 2.48. The van der Waals surface area contributed by atoms with Gasteiger partial charge in [0.05, 0.1) is 12.8 Å². The van der Waals surface area contributed by atoms with Gasteiger partial charge in [0.25, 0.3) is 5.91 Å². The number of fused-ring (bicyclic) bond motifs is 2. The Morgan fingerprint density at radius 2 is 2.04 bits per heavy atom. The standard InChI is InChI=1S/C17H14BrNO4/c18-9-12-8-17(16(21)23-12)14-6-2-1-5-13(14)15(20)19(17)10-11-4-3-7-22-11/h1-7,12H,8-10H2. The molecule has 0 N–H and O–H groups in total. The van der Waals surface area contributed by atoms with Gasteiger partial charge in [0.2, 0.25) is 0 Å². The van der Waals surface area contributed by atoms with Crippen LogP contribution in [0.5, 0.6) is 0 Å². The Morgan fingerprint density at radius 3 is 2.74 bits per heavy atom. The van der Waals surface area contributed by atoms with Crippen LogP contribution in [0.15, 0.2) is 47.1 Å². The Labute approximate surface area is 141 Å². The van der Waals surface area contributed by atoms with Gasteiger partial charge in [-0.15, -0.1) is 0 Å². The van der Waals surface area contributed by atoms with Crippen molar-refractivity contribution in [2.24, 2.45) is 0 Å². The van der Waals surface area contributed by atoms with Gasteiger partial charge in [-0.05, 0) is 18.2 Å². The van der Waals surface area contributed by atoms with Crippen molar-refractivity contribution in [2.75, 3.05) is 5.33 Å². The summed E-state index contributed by atoms with van der Waals surface area (Å²) in [5, 5.41) is 0.547. The maximum Gasteiger partial charge on any atom is 0.337 e. The zero-order valence-electron chi connectivity index (χ0n) is 12.2. The van der Waals surface area contributed by atoms with E-state index >= 15 is 0 Å². The molecule has 1 fully saturated rings. The second-order valence-corrected chi connectivity index (χ2v) is 6.41. The van der Waals surface area contributed by atoms with E-state index in [-0.39, 0.29) is 24.5 Å². The molecular weight excluding hydrogens is 362 g/mol. The topological polar surface area (TPSA) is 59.8 Å². The molecule has 4 rings (SSSR count). The second-order valence-electron chi connectivity index (χ2n) is 5.76. The highest BCUT2D eigenvalue weighted by molar-refractivity contribution is 9.09. The van der Waals surface area contributed by atoms with Crippen LogP contribution < -0.4 is 0 Å². The maximum absolute atomic E-state index is 12.9. The van der Waals surface area contributed by atoms with Crippen LogP contribution in [0.3, 0.4) is 0 Å². The van der Waals surface area contributed by atoms with Gasteiger partial charge in [0.1, 0.15) is 11.9 Å². The third kappa shape index (κ3) is 1.97. The number of ether oxygens (including phenoxy) is 1. The number of carbonyl (C=O) groups is 2. The third-order valence-electron chi connectivity index (χ3n) is 4.51. The zero-order chi connectivity index (χ0) is 16.0. The Balaban J connectivity index is 1.84. The van der Waals surface area contributed by atoms with E-state index < -0.39 is 5.54 Å². The van der Waals surface area contributed by atoms with Gasteiger partial charge in [-0.3, -0.25) is 4.79 Å². The molecule has 1 amide bonds. The van der Waals surface area contributed by atoms with Crippen LogP contribution in [0.2, 0.25) is 0 Å². The largest absolute Gasteiger partial charge is 0.467 e. The normalized spacial score (nSPS) is 26.0. The van der Waals surface area contributed by atoms with E-state index in [0.717, 1.165) is 5.56 Å². The van der Waals surface area contributed by atoms with Crippen molar-refractivity contribution in [1.82, 2.24) is 4.90 Å². The van der Waals surface area contributed by atoms with Gasteiger partial charge in [-0.2, -0.15) is 0 Å². The van der Waals surface area contributed by atoms with E-state index in [1.165, 1.54) is 0 Å². The van der Waals surface area contributed by atoms with Crippen molar-refractivity contribution in [3.05, 3.63) is 59.5 Å². The second kappa shape index (κ2) is 5.23. The summed E-state index contributed by atoms with van der Waals surface area (Å²) in [4.78, 5) is 27.2. The van der Waals surface area contributed by atoms with Crippen LogP contribution in [0.1, 0.15) is 28.1 Å². The molecule has 2 aromatic rings. The Bertz CT molecular complexity index is 773. The molecule has 2 unspecified atom stereocenters. The summed E-state index contributed by atoms with van der Waals surface area (Å²) in [6, 6.07) is 10.8. The highest BCUT2D eigenvalue weighted by Gasteiger charge is 2.61. The van der Waals surface area contributed by atoms with Gasteiger partial charge in [-0.1, -0.05) is 34.1 Å². The van der Waals surface area contributed by atoms with Crippen LogP contribution in [-0.2, 0) is 21.6 Å². The first-order chi connectivity index (χ1) is 11.2. The predicted octanol–water partition coefficient (Wildman–Crippen LogP) is 2.84. The SMILES string of the molecule is O=C1c2ccccc2C2(CC(CBr)OC2=O)N1Cc1ccco1. The molecule has 1 saturated heterocycles. The molecule has 0 bridgehead atoms. The predicted molar refractivity (Wildman–Crippen MR) is 85.0 cm³/mol. The number of halogens is 1. The molecule has 0 radical (unpaired) electrons. The minimum absolute atomic E-state index is 0.163. The van der Waals surface area contributed by atoms with Crippen molar-refractivity contribution < 1.29 is 18.7 Å². The summed E-state index contributed by atoms with van der Waals surface area (Å²) in [5.41, 5.74) is 0.232. The van der Waals surface area contributed by atoms with E-state index in [0.29, 0.717) is 23.1 Å². The number of benzene rings is 1. The number of carbonyl (C=O) groups excluding carboxylic acids is 2. The number of nitrogens with zero attached hydrogens (tertiary/aromatic N) is 1. The lowest BCUT2D eigenvalue weighted by Crippen LogP contribution is -2.46. The van der Waals surface area contributed by atoms with Crippen molar-refractivity contribution in [1.29, 1.82) is 0 Å². The Morgan fingerprint density at radius 1 is 1.22 bits per heavy atom. The summed E-state index contributed by atoms with van der Waals surface area (Å²) >= 11 is 3.37. The molecule has 0 saturated carbocycles. The third-order valence-corrected chi connectivity index (χ3v) is 5.23. The average Bonchev–Trinajstić information content (AvgIpc) is 3.24. The maximum atomic E-state index is 12.9. The number of alkyl halides is 1. The van der Waals surface area contributed by atoms with Crippen LogP contribution in [0.25, 0.3) is 0 Å². The lowest BCUT2D eigenvalue weighted by atomic mass is 9.86. The molecule has 1 aromatic carbocycles. The summed E-state index contributed by atoms with van der Waals surface area (Å²) in [6.07, 6.45) is 1.75. The molecule has 118 valence electrons. The van der Waals surface area contributed by atoms with E-state index in [1.807, 2.05) is 18.2 Å². The number of cyclic esters (lactones) is 1. The summed E-state index contributed by atoms with van der Waals surface area (Å²) in [7, 11) is 0. The average molecular weight is 376 g/mol. The van der Waals surface area contributed by atoms with E-state index in [2.05, 4.69) is 15.9 Å². The van der Waals surface area contributed by atoms with Crippen LogP contribution in [-0.4, -0.2) is 28.2 Å². The minimum Gasteiger partial charge on any atom is -0.467 e.